The molecule has 0 fully saturated rings. The van der Waals surface area contributed by atoms with E-state index >= 15 is 0 Å². The van der Waals surface area contributed by atoms with Gasteiger partial charge in [0.2, 0.25) is 13.3 Å². The molecule has 0 spiro atoms. The lowest BCUT2D eigenvalue weighted by molar-refractivity contribution is 0.300. The summed E-state index contributed by atoms with van der Waals surface area (Å²) in [5.74, 6) is 0. The Hall–Kier alpha value is -2.10. The molecule has 0 saturated carbocycles. The molecule has 1 aromatic rings. The molecule has 3 aliphatic heterocycles. The number of hydrogen-bond acceptors (Lipinski definition) is 4. The van der Waals surface area contributed by atoms with Crippen LogP contribution in [0, 0.1) is 13.3 Å². The molecule has 3 aliphatic rings. The first-order chi connectivity index (χ1) is 10.3. The number of fused-ring (bicyclic) bond motifs is 6. The van der Waals surface area contributed by atoms with Crippen LogP contribution in [0.5, 0.6) is 0 Å². The van der Waals surface area contributed by atoms with Gasteiger partial charge in [0, 0.05) is 51.0 Å². The molecular formula is C17H18N4. The quantitative estimate of drug-likeness (QED) is 0.721. The molecule has 106 valence electrons. The molecule has 4 nitrogen and oxygen atoms in total. The van der Waals surface area contributed by atoms with Crippen molar-refractivity contribution < 1.29 is 0 Å². The van der Waals surface area contributed by atoms with Crippen molar-refractivity contribution in [2.24, 2.45) is 0 Å². The van der Waals surface area contributed by atoms with Crippen molar-refractivity contribution in [2.45, 2.75) is 19.5 Å². The van der Waals surface area contributed by atoms with Crippen LogP contribution in [0.1, 0.15) is 17.5 Å². The van der Waals surface area contributed by atoms with Gasteiger partial charge in [-0.3, -0.25) is 0 Å². The maximum absolute atomic E-state index is 3.39. The Kier molecular flexibility index (Phi) is 3.22. The van der Waals surface area contributed by atoms with Gasteiger partial charge in [-0.2, -0.15) is 0 Å². The molecule has 6 bridgehead atoms. The lowest BCUT2D eigenvalue weighted by atomic mass is 10.1. The van der Waals surface area contributed by atoms with E-state index in [2.05, 4.69) is 82.0 Å². The topological polar surface area (TPSA) is 13.0 Å². The fraction of sp³-hybridized carbons (Fsp3) is 0.294. The van der Waals surface area contributed by atoms with E-state index in [0.29, 0.717) is 0 Å². The Morgan fingerprint density at radius 1 is 0.714 bits per heavy atom. The Balaban J connectivity index is 1.57. The van der Waals surface area contributed by atoms with Gasteiger partial charge < -0.3 is 19.6 Å². The fourth-order valence-corrected chi connectivity index (χ4v) is 2.84. The molecule has 21 heavy (non-hydrogen) atoms. The first-order valence-electron chi connectivity index (χ1n) is 7.39. The Labute approximate surface area is 126 Å². The van der Waals surface area contributed by atoms with Crippen molar-refractivity contribution in [3.63, 3.8) is 0 Å². The second-order valence-electron chi connectivity index (χ2n) is 5.61. The number of benzene rings is 1. The van der Waals surface area contributed by atoms with Gasteiger partial charge in [-0.25, -0.2) is 0 Å². The molecule has 0 aliphatic carbocycles. The maximum atomic E-state index is 3.39. The molecule has 0 unspecified atom stereocenters. The van der Waals surface area contributed by atoms with E-state index in [-0.39, 0.29) is 0 Å². The van der Waals surface area contributed by atoms with E-state index in [9.17, 15) is 0 Å². The van der Waals surface area contributed by atoms with Gasteiger partial charge in [-0.1, -0.05) is 24.3 Å². The predicted molar refractivity (Wildman–Crippen MR) is 80.3 cm³/mol. The van der Waals surface area contributed by atoms with Crippen LogP contribution in [-0.2, 0) is 13.1 Å². The minimum absolute atomic E-state index is 0.871. The summed E-state index contributed by atoms with van der Waals surface area (Å²) in [5.41, 5.74) is 2.62. The van der Waals surface area contributed by atoms with E-state index in [1.165, 1.54) is 11.1 Å². The normalized spacial score (nSPS) is 21.1. The standard InChI is InChI=1S/C17H18N4/c1-3-16-11-17(4-1)13-21-10-8-19(15-21)6-2-5-18-7-9-20(12-16)14-18/h1,3-4,7-11H,2,5-6,12-13H2. The number of hydrogen-bond donors (Lipinski definition) is 0. The highest BCUT2D eigenvalue weighted by molar-refractivity contribution is 5.25. The molecule has 3 heterocycles. The van der Waals surface area contributed by atoms with Crippen molar-refractivity contribution in [1.29, 1.82) is 0 Å². The van der Waals surface area contributed by atoms with Crippen LogP contribution in [0.4, 0.5) is 0 Å². The summed E-state index contributed by atoms with van der Waals surface area (Å²) in [4.78, 5) is 8.51. The number of rotatable bonds is 0. The van der Waals surface area contributed by atoms with E-state index < -0.39 is 0 Å². The third-order valence-electron chi connectivity index (χ3n) is 3.86. The molecule has 4 rings (SSSR count). The zero-order valence-electron chi connectivity index (χ0n) is 11.9. The lowest BCUT2D eigenvalue weighted by Gasteiger charge is -2.23. The molecular weight excluding hydrogens is 260 g/mol. The Bertz CT molecular complexity index is 520. The van der Waals surface area contributed by atoms with Crippen LogP contribution in [-0.4, -0.2) is 32.7 Å². The van der Waals surface area contributed by atoms with Crippen LogP contribution >= 0.6 is 0 Å². The first-order valence-corrected chi connectivity index (χ1v) is 7.39. The molecule has 4 heteroatoms. The molecule has 0 aromatic heterocycles. The van der Waals surface area contributed by atoms with Crippen LogP contribution < -0.4 is 0 Å². The zero-order valence-corrected chi connectivity index (χ0v) is 11.9. The predicted octanol–water partition coefficient (Wildman–Crippen LogP) is 2.26. The first kappa shape index (κ1) is 12.6. The van der Waals surface area contributed by atoms with Gasteiger partial charge in [0.1, 0.15) is 0 Å². The monoisotopic (exact) mass is 278 g/mol. The molecule has 0 amide bonds. The smallest absolute Gasteiger partial charge is 0.208 e. The highest BCUT2D eigenvalue weighted by Gasteiger charge is 2.18. The molecule has 4 radical (unpaired) electrons. The van der Waals surface area contributed by atoms with Crippen molar-refractivity contribution in [1.82, 2.24) is 19.6 Å². The van der Waals surface area contributed by atoms with Gasteiger partial charge in [0.25, 0.3) is 0 Å². The van der Waals surface area contributed by atoms with Crippen molar-refractivity contribution in [3.05, 3.63) is 73.5 Å². The summed E-state index contributed by atoms with van der Waals surface area (Å²) in [7, 11) is 0. The second kappa shape index (κ2) is 5.35. The highest BCUT2D eigenvalue weighted by Crippen LogP contribution is 2.20. The largest absolute Gasteiger partial charge is 0.346 e. The third-order valence-corrected chi connectivity index (χ3v) is 3.86. The summed E-state index contributed by atoms with van der Waals surface area (Å²) < 4.78 is 0. The summed E-state index contributed by atoms with van der Waals surface area (Å²) in [6.45, 7) is 10.5. The SMILES string of the molecule is [C]1N2C=CN1Cc1cccc(c1)CN1[C]N(C=C1)CCC2. The van der Waals surface area contributed by atoms with Crippen molar-refractivity contribution >= 4 is 0 Å². The number of nitrogens with zero attached hydrogens (tertiary/aromatic N) is 4. The Morgan fingerprint density at radius 3 is 1.81 bits per heavy atom. The van der Waals surface area contributed by atoms with Crippen molar-refractivity contribution in [2.75, 3.05) is 13.1 Å². The maximum Gasteiger partial charge on any atom is 0.208 e. The van der Waals surface area contributed by atoms with E-state index in [0.717, 1.165) is 32.6 Å². The summed E-state index contributed by atoms with van der Waals surface area (Å²) in [6, 6.07) is 8.74. The van der Waals surface area contributed by atoms with Crippen molar-refractivity contribution in [3.8, 4) is 0 Å². The lowest BCUT2D eigenvalue weighted by Crippen LogP contribution is -2.25. The van der Waals surface area contributed by atoms with Gasteiger partial charge >= 0.3 is 0 Å². The van der Waals surface area contributed by atoms with E-state index in [1.54, 1.807) is 0 Å². The highest BCUT2D eigenvalue weighted by atomic mass is 15.4. The average Bonchev–Trinajstić information content (AvgIpc) is 3.09. The second-order valence-corrected chi connectivity index (χ2v) is 5.61. The molecule has 1 aromatic carbocycles. The van der Waals surface area contributed by atoms with Gasteiger partial charge in [0.15, 0.2) is 0 Å². The molecule has 0 atom stereocenters. The third kappa shape index (κ3) is 2.84. The van der Waals surface area contributed by atoms with Gasteiger partial charge in [-0.05, 0) is 17.5 Å². The molecule has 0 N–H and O–H groups in total. The van der Waals surface area contributed by atoms with Crippen LogP contribution in [0.2, 0.25) is 0 Å². The summed E-state index contributed by atoms with van der Waals surface area (Å²) in [5, 5.41) is 0. The van der Waals surface area contributed by atoms with Crippen LogP contribution in [0.15, 0.2) is 49.1 Å². The summed E-state index contributed by atoms with van der Waals surface area (Å²) >= 11 is 0. The van der Waals surface area contributed by atoms with E-state index in [4.69, 9.17) is 0 Å². The zero-order chi connectivity index (χ0) is 14.1. The minimum atomic E-state index is 0.871. The minimum Gasteiger partial charge on any atom is -0.346 e. The summed E-state index contributed by atoms with van der Waals surface area (Å²) in [6.07, 6.45) is 9.48. The van der Waals surface area contributed by atoms with Crippen LogP contribution in [0.3, 0.4) is 0 Å². The molecule has 0 saturated heterocycles. The fourth-order valence-electron chi connectivity index (χ4n) is 2.84. The average molecular weight is 278 g/mol. The van der Waals surface area contributed by atoms with Crippen LogP contribution in [0.25, 0.3) is 0 Å². The van der Waals surface area contributed by atoms with Gasteiger partial charge in [0.05, 0.1) is 0 Å². The van der Waals surface area contributed by atoms with E-state index in [1.807, 2.05) is 0 Å². The Morgan fingerprint density at radius 2 is 1.24 bits per heavy atom. The van der Waals surface area contributed by atoms with Gasteiger partial charge in [-0.15, -0.1) is 0 Å².